The molecule has 0 aliphatic heterocycles. The van der Waals surface area contributed by atoms with E-state index in [1.54, 1.807) is 36.0 Å². The molecule has 0 fully saturated rings. The number of thiazole rings is 1. The number of nitrogens with one attached hydrogen (secondary N) is 1. The Morgan fingerprint density at radius 2 is 2.04 bits per heavy atom. The molecule has 1 amide bonds. The highest BCUT2D eigenvalue weighted by molar-refractivity contribution is 7.16. The molecule has 1 N–H and O–H groups in total. The third-order valence-electron chi connectivity index (χ3n) is 3.40. The number of amides is 1. The first-order chi connectivity index (χ1) is 12.1. The zero-order valence-electron chi connectivity index (χ0n) is 13.3. The smallest absolute Gasteiger partial charge is 0.313 e. The normalized spacial score (nSPS) is 10.6. The van der Waals surface area contributed by atoms with Crippen LogP contribution in [0.25, 0.3) is 10.2 Å². The summed E-state index contributed by atoms with van der Waals surface area (Å²) in [5.41, 5.74) is 3.23. The van der Waals surface area contributed by atoms with Crippen molar-refractivity contribution >= 4 is 55.6 Å². The van der Waals surface area contributed by atoms with Crippen molar-refractivity contribution in [1.29, 1.82) is 0 Å². The number of hydrogen-bond donors (Lipinski definition) is 1. The van der Waals surface area contributed by atoms with Crippen molar-refractivity contribution in [3.05, 3.63) is 46.3 Å². The second-order valence-electron chi connectivity index (χ2n) is 5.06. The molecule has 0 atom stereocenters. The van der Waals surface area contributed by atoms with Gasteiger partial charge in [0.15, 0.2) is 5.78 Å². The quantitative estimate of drug-likeness (QED) is 0.403. The summed E-state index contributed by atoms with van der Waals surface area (Å²) in [5, 5.41) is 4.84. The fourth-order valence-corrected chi connectivity index (χ4v) is 3.70. The van der Waals surface area contributed by atoms with Crippen molar-refractivity contribution in [1.82, 2.24) is 4.98 Å². The molecule has 0 aliphatic carbocycles. The minimum absolute atomic E-state index is 0.221. The van der Waals surface area contributed by atoms with Crippen molar-refractivity contribution < 1.29 is 19.1 Å². The van der Waals surface area contributed by atoms with E-state index in [1.165, 1.54) is 22.7 Å². The lowest BCUT2D eigenvalue weighted by molar-refractivity contribution is -0.141. The van der Waals surface area contributed by atoms with Crippen LogP contribution in [0.3, 0.4) is 0 Å². The minimum atomic E-state index is -0.579. The van der Waals surface area contributed by atoms with Gasteiger partial charge in [0, 0.05) is 5.56 Å². The maximum absolute atomic E-state index is 12.4. The topological polar surface area (TPSA) is 85.4 Å². The van der Waals surface area contributed by atoms with E-state index in [4.69, 9.17) is 4.74 Å². The zero-order chi connectivity index (χ0) is 17.8. The first-order valence-corrected chi connectivity index (χ1v) is 9.25. The highest BCUT2D eigenvalue weighted by Crippen LogP contribution is 2.26. The Hall–Kier alpha value is -2.58. The summed E-state index contributed by atoms with van der Waals surface area (Å²) in [4.78, 5) is 40.3. The first-order valence-electron chi connectivity index (χ1n) is 7.49. The van der Waals surface area contributed by atoms with Crippen LogP contribution in [-0.2, 0) is 9.53 Å². The van der Waals surface area contributed by atoms with E-state index >= 15 is 0 Å². The Morgan fingerprint density at radius 1 is 1.20 bits per heavy atom. The molecule has 0 aliphatic rings. The SMILES string of the molecule is CCOC(=O)CC(=O)c1ccsc1NC(=O)c1ccc2scnc2c1. The molecule has 0 spiro atoms. The summed E-state index contributed by atoms with van der Waals surface area (Å²) in [6, 6.07) is 6.84. The van der Waals surface area contributed by atoms with Crippen molar-refractivity contribution in [3.8, 4) is 0 Å². The molecule has 6 nitrogen and oxygen atoms in total. The van der Waals surface area contributed by atoms with Crippen LogP contribution in [0.1, 0.15) is 34.1 Å². The van der Waals surface area contributed by atoms with E-state index < -0.39 is 5.97 Å². The number of carbonyl (C=O) groups excluding carboxylic acids is 3. The molecule has 0 saturated heterocycles. The van der Waals surface area contributed by atoms with Crippen LogP contribution in [0, 0.1) is 0 Å². The highest BCUT2D eigenvalue weighted by atomic mass is 32.1. The number of nitrogens with zero attached hydrogens (tertiary/aromatic N) is 1. The fraction of sp³-hybridized carbons (Fsp3) is 0.176. The summed E-state index contributed by atoms with van der Waals surface area (Å²) in [7, 11) is 0. The second-order valence-corrected chi connectivity index (χ2v) is 6.86. The summed E-state index contributed by atoms with van der Waals surface area (Å²) in [6.45, 7) is 1.90. The number of hydrogen-bond acceptors (Lipinski definition) is 7. The van der Waals surface area contributed by atoms with Crippen LogP contribution < -0.4 is 5.32 Å². The third-order valence-corrected chi connectivity index (χ3v) is 5.04. The molecule has 0 radical (unpaired) electrons. The molecule has 3 rings (SSSR count). The molecule has 128 valence electrons. The van der Waals surface area contributed by atoms with Crippen LogP contribution in [-0.4, -0.2) is 29.3 Å². The largest absolute Gasteiger partial charge is 0.466 e. The Balaban J connectivity index is 1.74. The van der Waals surface area contributed by atoms with E-state index in [0.29, 0.717) is 16.1 Å². The van der Waals surface area contributed by atoms with E-state index in [1.807, 2.05) is 6.07 Å². The Bertz CT molecular complexity index is 945. The predicted molar refractivity (Wildman–Crippen MR) is 97.5 cm³/mol. The number of fused-ring (bicyclic) bond motifs is 1. The number of ether oxygens (including phenoxy) is 1. The van der Waals surface area contributed by atoms with Gasteiger partial charge in [-0.05, 0) is 36.6 Å². The second kappa shape index (κ2) is 7.54. The van der Waals surface area contributed by atoms with Crippen LogP contribution in [0.4, 0.5) is 5.00 Å². The lowest BCUT2D eigenvalue weighted by atomic mass is 10.1. The molecule has 8 heteroatoms. The lowest BCUT2D eigenvalue weighted by Crippen LogP contribution is -2.15. The van der Waals surface area contributed by atoms with Gasteiger partial charge in [-0.15, -0.1) is 22.7 Å². The highest BCUT2D eigenvalue weighted by Gasteiger charge is 2.19. The Kier molecular flexibility index (Phi) is 5.20. The lowest BCUT2D eigenvalue weighted by Gasteiger charge is -2.06. The number of thiophene rings is 1. The van der Waals surface area contributed by atoms with Gasteiger partial charge in [0.05, 0.1) is 27.9 Å². The molecular formula is C17H14N2O4S2. The molecular weight excluding hydrogens is 360 g/mol. The van der Waals surface area contributed by atoms with Crippen molar-refractivity contribution in [2.45, 2.75) is 13.3 Å². The van der Waals surface area contributed by atoms with Gasteiger partial charge in [-0.1, -0.05) is 0 Å². The fourth-order valence-electron chi connectivity index (χ4n) is 2.24. The molecule has 3 aromatic rings. The van der Waals surface area contributed by atoms with Gasteiger partial charge in [0.2, 0.25) is 0 Å². The molecule has 2 heterocycles. The zero-order valence-corrected chi connectivity index (χ0v) is 14.9. The number of benzene rings is 1. The van der Waals surface area contributed by atoms with Gasteiger partial charge in [0.1, 0.15) is 11.4 Å². The van der Waals surface area contributed by atoms with Gasteiger partial charge in [-0.25, -0.2) is 4.98 Å². The van der Waals surface area contributed by atoms with Gasteiger partial charge < -0.3 is 10.1 Å². The average molecular weight is 374 g/mol. The molecule has 0 unspecified atom stereocenters. The first kappa shape index (κ1) is 17.2. The number of aromatic nitrogens is 1. The maximum atomic E-state index is 12.4. The van der Waals surface area contributed by atoms with E-state index in [2.05, 4.69) is 10.3 Å². The van der Waals surface area contributed by atoms with E-state index in [-0.39, 0.29) is 24.7 Å². The summed E-state index contributed by atoms with van der Waals surface area (Å²) < 4.78 is 5.78. The van der Waals surface area contributed by atoms with Gasteiger partial charge in [-0.3, -0.25) is 14.4 Å². The van der Waals surface area contributed by atoms with Gasteiger partial charge in [0.25, 0.3) is 5.91 Å². The molecule has 0 bridgehead atoms. The average Bonchev–Trinajstić information content (AvgIpc) is 3.22. The number of ketones is 1. The van der Waals surface area contributed by atoms with Crippen LogP contribution in [0.2, 0.25) is 0 Å². The van der Waals surface area contributed by atoms with Gasteiger partial charge in [-0.2, -0.15) is 0 Å². The number of anilines is 1. The molecule has 1 aromatic carbocycles. The minimum Gasteiger partial charge on any atom is -0.466 e. The van der Waals surface area contributed by atoms with Crippen LogP contribution in [0.15, 0.2) is 35.2 Å². The van der Waals surface area contributed by atoms with E-state index in [0.717, 1.165) is 10.2 Å². The summed E-state index contributed by atoms with van der Waals surface area (Å²) in [6.07, 6.45) is -0.349. The third kappa shape index (κ3) is 3.92. The molecule has 2 aromatic heterocycles. The number of carbonyl (C=O) groups is 3. The van der Waals surface area contributed by atoms with Gasteiger partial charge >= 0.3 is 5.97 Å². The summed E-state index contributed by atoms with van der Waals surface area (Å²) in [5.74, 6) is -1.29. The van der Waals surface area contributed by atoms with Crippen molar-refractivity contribution in [2.24, 2.45) is 0 Å². The maximum Gasteiger partial charge on any atom is 0.313 e. The number of esters is 1. The Morgan fingerprint density at radius 3 is 2.84 bits per heavy atom. The molecule has 25 heavy (non-hydrogen) atoms. The van der Waals surface area contributed by atoms with Crippen molar-refractivity contribution in [3.63, 3.8) is 0 Å². The Labute approximate surface area is 151 Å². The molecule has 0 saturated carbocycles. The van der Waals surface area contributed by atoms with Crippen LogP contribution in [0.5, 0.6) is 0 Å². The number of Topliss-reactive ketones (excluding diaryl/α,β-unsaturated/α-hetero) is 1. The number of rotatable bonds is 6. The van der Waals surface area contributed by atoms with Crippen LogP contribution >= 0.6 is 22.7 Å². The monoisotopic (exact) mass is 374 g/mol. The standard InChI is InChI=1S/C17H14N2O4S2/c1-2-23-15(21)8-13(20)11-5-6-24-17(11)19-16(22)10-3-4-14-12(7-10)18-9-25-14/h3-7,9H,2,8H2,1H3,(H,19,22). The predicted octanol–water partition coefficient (Wildman–Crippen LogP) is 3.75. The van der Waals surface area contributed by atoms with Crippen molar-refractivity contribution in [2.75, 3.05) is 11.9 Å². The van der Waals surface area contributed by atoms with E-state index in [9.17, 15) is 14.4 Å². The summed E-state index contributed by atoms with van der Waals surface area (Å²) >= 11 is 2.73.